The van der Waals surface area contributed by atoms with Gasteiger partial charge in [0.2, 0.25) is 5.82 Å². The smallest absolute Gasteiger partial charge is 0.338 e. The van der Waals surface area contributed by atoms with Crippen molar-refractivity contribution in [1.29, 1.82) is 0 Å². The molecule has 4 aromatic rings. The van der Waals surface area contributed by atoms with Crippen molar-refractivity contribution in [3.63, 3.8) is 0 Å². The van der Waals surface area contributed by atoms with Gasteiger partial charge >= 0.3 is 5.97 Å². The van der Waals surface area contributed by atoms with Gasteiger partial charge in [0, 0.05) is 11.1 Å². The van der Waals surface area contributed by atoms with E-state index in [9.17, 15) is 9.59 Å². The molecule has 2 heterocycles. The third-order valence-electron chi connectivity index (χ3n) is 3.96. The molecule has 2 aromatic carbocycles. The average molecular weight is 390 g/mol. The topological polar surface area (TPSA) is 82.3 Å². The van der Waals surface area contributed by atoms with E-state index < -0.39 is 5.97 Å². The van der Waals surface area contributed by atoms with Gasteiger partial charge < -0.3 is 9.26 Å². The Balaban J connectivity index is 1.38. The minimum Gasteiger partial charge on any atom is -0.452 e. The van der Waals surface area contributed by atoms with Crippen LogP contribution < -0.4 is 0 Å². The molecule has 7 heteroatoms. The van der Waals surface area contributed by atoms with Crippen molar-refractivity contribution in [1.82, 2.24) is 10.1 Å². The van der Waals surface area contributed by atoms with Crippen molar-refractivity contribution in [2.24, 2.45) is 0 Å². The number of carbonyl (C=O) groups excluding carboxylic acids is 2. The van der Waals surface area contributed by atoms with Crippen LogP contribution in [0.4, 0.5) is 0 Å². The highest BCUT2D eigenvalue weighted by molar-refractivity contribution is 7.13. The lowest BCUT2D eigenvalue weighted by Crippen LogP contribution is -2.07. The summed E-state index contributed by atoms with van der Waals surface area (Å²) < 4.78 is 10.3. The molecule has 0 bridgehead atoms. The van der Waals surface area contributed by atoms with Gasteiger partial charge in [0.05, 0.1) is 10.4 Å². The molecule has 0 saturated heterocycles. The van der Waals surface area contributed by atoms with E-state index in [0.29, 0.717) is 22.5 Å². The van der Waals surface area contributed by atoms with Gasteiger partial charge in [0.15, 0.2) is 12.4 Å². The number of hydrogen-bond acceptors (Lipinski definition) is 7. The molecule has 0 amide bonds. The lowest BCUT2D eigenvalue weighted by molar-refractivity contribution is 0.0429. The summed E-state index contributed by atoms with van der Waals surface area (Å²) in [6.45, 7) is -0.123. The van der Waals surface area contributed by atoms with Crippen LogP contribution in [0.25, 0.3) is 10.7 Å². The van der Waals surface area contributed by atoms with Crippen LogP contribution in [0, 0.1) is 0 Å². The Morgan fingerprint density at radius 1 is 0.893 bits per heavy atom. The largest absolute Gasteiger partial charge is 0.452 e. The van der Waals surface area contributed by atoms with Crippen molar-refractivity contribution in [2.75, 3.05) is 0 Å². The van der Waals surface area contributed by atoms with Gasteiger partial charge in [0.1, 0.15) is 0 Å². The number of ether oxygens (including phenoxy) is 1. The molecule has 138 valence electrons. The Labute approximate surface area is 164 Å². The lowest BCUT2D eigenvalue weighted by atomic mass is 10.0. The minimum atomic E-state index is -0.533. The Morgan fingerprint density at radius 3 is 2.32 bits per heavy atom. The number of benzene rings is 2. The summed E-state index contributed by atoms with van der Waals surface area (Å²) >= 11 is 1.49. The average Bonchev–Trinajstić information content (AvgIpc) is 3.44. The van der Waals surface area contributed by atoms with Crippen molar-refractivity contribution >= 4 is 23.1 Å². The van der Waals surface area contributed by atoms with E-state index in [1.54, 1.807) is 48.5 Å². The SMILES string of the molecule is O=C(OCc1nc(-c2cccs2)no1)c1ccc(C(=O)c2ccccc2)cc1. The standard InChI is InChI=1S/C21H14N2O4S/c24-19(14-5-2-1-3-6-14)15-8-10-16(11-9-15)21(25)26-13-18-22-20(23-27-18)17-7-4-12-28-17/h1-12H,13H2. The number of nitrogens with zero attached hydrogens (tertiary/aromatic N) is 2. The van der Waals surface area contributed by atoms with Gasteiger partial charge in [-0.2, -0.15) is 4.98 Å². The molecule has 0 spiro atoms. The highest BCUT2D eigenvalue weighted by Gasteiger charge is 2.14. The van der Waals surface area contributed by atoms with Crippen molar-refractivity contribution in [3.05, 3.63) is 94.7 Å². The summed E-state index contributed by atoms with van der Waals surface area (Å²) in [5.41, 5.74) is 1.43. The summed E-state index contributed by atoms with van der Waals surface area (Å²) in [5.74, 6) is 0.0412. The zero-order chi connectivity index (χ0) is 19.3. The van der Waals surface area contributed by atoms with E-state index >= 15 is 0 Å². The summed E-state index contributed by atoms with van der Waals surface area (Å²) in [6, 6.07) is 19.1. The fourth-order valence-corrected chi connectivity index (χ4v) is 3.19. The van der Waals surface area contributed by atoms with Gasteiger partial charge in [-0.1, -0.05) is 53.7 Å². The Kier molecular flexibility index (Phi) is 5.07. The van der Waals surface area contributed by atoms with Crippen molar-refractivity contribution in [3.8, 4) is 10.7 Å². The van der Waals surface area contributed by atoms with Crippen LogP contribution in [0.1, 0.15) is 32.2 Å². The monoisotopic (exact) mass is 390 g/mol. The van der Waals surface area contributed by atoms with Crippen LogP contribution in [-0.2, 0) is 11.3 Å². The third-order valence-corrected chi connectivity index (χ3v) is 4.82. The maximum absolute atomic E-state index is 12.4. The Morgan fingerprint density at radius 2 is 1.61 bits per heavy atom. The van der Waals surface area contributed by atoms with E-state index in [1.807, 2.05) is 23.6 Å². The number of ketones is 1. The molecule has 0 saturated carbocycles. The van der Waals surface area contributed by atoms with E-state index in [4.69, 9.17) is 9.26 Å². The lowest BCUT2D eigenvalue weighted by Gasteiger charge is -2.04. The fourth-order valence-electron chi connectivity index (χ4n) is 2.54. The molecule has 28 heavy (non-hydrogen) atoms. The summed E-state index contributed by atoms with van der Waals surface area (Å²) in [4.78, 5) is 29.7. The molecule has 0 N–H and O–H groups in total. The molecule has 0 aliphatic rings. The van der Waals surface area contributed by atoms with Gasteiger partial charge in [-0.3, -0.25) is 4.79 Å². The van der Waals surface area contributed by atoms with Crippen LogP contribution in [0.15, 0.2) is 76.6 Å². The number of esters is 1. The molecule has 0 atom stereocenters. The number of hydrogen-bond donors (Lipinski definition) is 0. The predicted octanol–water partition coefficient (Wildman–Crippen LogP) is 4.39. The van der Waals surface area contributed by atoms with Gasteiger partial charge in [-0.25, -0.2) is 4.79 Å². The molecule has 0 unspecified atom stereocenters. The number of aromatic nitrogens is 2. The highest BCUT2D eigenvalue weighted by Crippen LogP contribution is 2.21. The van der Waals surface area contributed by atoms with Crippen molar-refractivity contribution in [2.45, 2.75) is 6.61 Å². The number of carbonyl (C=O) groups is 2. The van der Waals surface area contributed by atoms with Crippen LogP contribution in [0.3, 0.4) is 0 Å². The molecular weight excluding hydrogens is 376 g/mol. The van der Waals surface area contributed by atoms with E-state index in [-0.39, 0.29) is 18.3 Å². The van der Waals surface area contributed by atoms with Crippen molar-refractivity contribution < 1.29 is 18.8 Å². The second kappa shape index (κ2) is 7.98. The maximum atomic E-state index is 12.4. The first-order valence-electron chi connectivity index (χ1n) is 8.44. The first-order chi connectivity index (χ1) is 13.7. The molecule has 0 aliphatic carbocycles. The maximum Gasteiger partial charge on any atom is 0.338 e. The molecule has 2 aromatic heterocycles. The quantitative estimate of drug-likeness (QED) is 0.359. The molecule has 6 nitrogen and oxygen atoms in total. The number of rotatable bonds is 6. The Bertz CT molecular complexity index is 1090. The van der Waals surface area contributed by atoms with E-state index in [1.165, 1.54) is 11.3 Å². The van der Waals surface area contributed by atoms with E-state index in [2.05, 4.69) is 10.1 Å². The molecule has 0 aliphatic heterocycles. The van der Waals surface area contributed by atoms with E-state index in [0.717, 1.165) is 4.88 Å². The van der Waals surface area contributed by atoms with Crippen LogP contribution in [0.5, 0.6) is 0 Å². The Hall–Kier alpha value is -3.58. The zero-order valence-electron chi connectivity index (χ0n) is 14.6. The first kappa shape index (κ1) is 17.8. The normalized spacial score (nSPS) is 10.6. The first-order valence-corrected chi connectivity index (χ1v) is 9.32. The summed E-state index contributed by atoms with van der Waals surface area (Å²) in [5, 5.41) is 5.78. The zero-order valence-corrected chi connectivity index (χ0v) is 15.4. The second-order valence-corrected chi connectivity index (χ2v) is 6.79. The summed E-state index contributed by atoms with van der Waals surface area (Å²) in [7, 11) is 0. The molecule has 4 rings (SSSR count). The van der Waals surface area contributed by atoms with Gasteiger partial charge in [-0.05, 0) is 23.6 Å². The van der Waals surface area contributed by atoms with Crippen LogP contribution in [-0.4, -0.2) is 21.9 Å². The summed E-state index contributed by atoms with van der Waals surface area (Å²) in [6.07, 6.45) is 0. The second-order valence-electron chi connectivity index (χ2n) is 5.84. The molecular formula is C21H14N2O4S. The van der Waals surface area contributed by atoms with Crippen LogP contribution in [0.2, 0.25) is 0 Å². The molecule has 0 radical (unpaired) electrons. The van der Waals surface area contributed by atoms with Gasteiger partial charge in [-0.15, -0.1) is 11.3 Å². The minimum absolute atomic E-state index is 0.104. The van der Waals surface area contributed by atoms with Crippen LogP contribution >= 0.6 is 11.3 Å². The fraction of sp³-hybridized carbons (Fsp3) is 0.0476. The highest BCUT2D eigenvalue weighted by atomic mass is 32.1. The third kappa shape index (κ3) is 3.89. The van der Waals surface area contributed by atoms with Gasteiger partial charge in [0.25, 0.3) is 5.89 Å². The number of thiophene rings is 1. The predicted molar refractivity (Wildman–Crippen MR) is 103 cm³/mol. The molecule has 0 fully saturated rings.